The smallest absolute Gasteiger partial charge is 0.407 e. The van der Waals surface area contributed by atoms with E-state index in [1.165, 1.54) is 41.1 Å². The Morgan fingerprint density at radius 3 is 2.31 bits per heavy atom. The third-order valence-corrected chi connectivity index (χ3v) is 5.93. The molecular weight excluding hydrogens is 380 g/mol. The molecule has 0 aromatic heterocycles. The number of nitro benzene ring substituents is 1. The van der Waals surface area contributed by atoms with Gasteiger partial charge in [-0.15, -0.1) is 0 Å². The summed E-state index contributed by atoms with van der Waals surface area (Å²) in [5, 5.41) is 20.5. The maximum atomic E-state index is 13.4. The number of carboxylic acid groups (broad SMARTS) is 1. The van der Waals surface area contributed by atoms with Crippen LogP contribution in [-0.2, 0) is 4.79 Å². The van der Waals surface area contributed by atoms with Crippen LogP contribution >= 0.6 is 0 Å². The molecule has 1 spiro atoms. The van der Waals surface area contributed by atoms with Gasteiger partial charge in [0.15, 0.2) is 0 Å². The number of imide groups is 1. The first-order chi connectivity index (χ1) is 13.4. The molecule has 2 aliphatic heterocycles. The van der Waals surface area contributed by atoms with E-state index in [4.69, 9.17) is 0 Å². The van der Waals surface area contributed by atoms with E-state index >= 15 is 0 Å². The van der Waals surface area contributed by atoms with Crippen molar-refractivity contribution < 1.29 is 24.4 Å². The second-order valence-corrected chi connectivity index (χ2v) is 8.58. The molecule has 0 bridgehead atoms. The lowest BCUT2D eigenvalue weighted by Crippen LogP contribution is -2.66. The van der Waals surface area contributed by atoms with E-state index in [2.05, 4.69) is 0 Å². The highest BCUT2D eigenvalue weighted by Gasteiger charge is 2.64. The molecule has 0 aliphatic carbocycles. The second kappa shape index (κ2) is 6.71. The quantitative estimate of drug-likeness (QED) is 0.459. The number of piperidine rings is 1. The van der Waals surface area contributed by atoms with E-state index in [0.29, 0.717) is 5.69 Å². The lowest BCUT2D eigenvalue weighted by Gasteiger charge is -2.51. The molecule has 2 aliphatic rings. The topological polar surface area (TPSA) is 124 Å². The largest absolute Gasteiger partial charge is 0.465 e. The summed E-state index contributed by atoms with van der Waals surface area (Å²) in [7, 11) is 1.40. The summed E-state index contributed by atoms with van der Waals surface area (Å²) in [6.07, 6.45) is -0.922. The molecule has 156 valence electrons. The van der Waals surface area contributed by atoms with Crippen molar-refractivity contribution in [1.29, 1.82) is 0 Å². The summed E-state index contributed by atoms with van der Waals surface area (Å²) in [4.78, 5) is 52.2. The normalized spacial score (nSPS) is 25.1. The highest BCUT2D eigenvalue weighted by atomic mass is 16.6. The first-order valence-corrected chi connectivity index (χ1v) is 9.26. The van der Waals surface area contributed by atoms with Gasteiger partial charge in [0.2, 0.25) is 0 Å². The summed E-state index contributed by atoms with van der Waals surface area (Å²) < 4.78 is 0. The number of nitro groups is 1. The Morgan fingerprint density at radius 2 is 1.83 bits per heavy atom. The van der Waals surface area contributed by atoms with Crippen LogP contribution < -0.4 is 4.90 Å². The number of hydrogen-bond acceptors (Lipinski definition) is 5. The molecule has 0 radical (unpaired) electrons. The first kappa shape index (κ1) is 20.6. The number of likely N-dealkylation sites (N-methyl/N-ethyl adjacent to an activating group) is 1. The number of carbonyl (C=O) groups is 3. The van der Waals surface area contributed by atoms with Gasteiger partial charge in [0.25, 0.3) is 11.6 Å². The van der Waals surface area contributed by atoms with Crippen molar-refractivity contribution in [2.75, 3.05) is 25.0 Å². The fraction of sp³-hybridized carbons (Fsp3) is 0.526. The van der Waals surface area contributed by atoms with Gasteiger partial charge in [-0.05, 0) is 24.0 Å². The number of benzene rings is 1. The molecule has 2 unspecified atom stereocenters. The number of carbonyl (C=O) groups excluding carboxylic acids is 2. The molecule has 29 heavy (non-hydrogen) atoms. The number of likely N-dealkylation sites (tertiary alicyclic amines) is 1. The van der Waals surface area contributed by atoms with E-state index in [1.807, 2.05) is 20.8 Å². The van der Waals surface area contributed by atoms with Gasteiger partial charge in [0, 0.05) is 43.9 Å². The minimum atomic E-state index is -1.26. The third kappa shape index (κ3) is 3.08. The van der Waals surface area contributed by atoms with Gasteiger partial charge >= 0.3 is 12.1 Å². The molecule has 10 heteroatoms. The van der Waals surface area contributed by atoms with Crippen LogP contribution in [0.15, 0.2) is 24.3 Å². The zero-order chi connectivity index (χ0) is 21.7. The molecule has 2 fully saturated rings. The average molecular weight is 404 g/mol. The summed E-state index contributed by atoms with van der Waals surface area (Å²) in [6, 6.07) is 4.96. The summed E-state index contributed by atoms with van der Waals surface area (Å²) in [5.74, 6) is -0.859. The minimum Gasteiger partial charge on any atom is -0.465 e. The maximum absolute atomic E-state index is 13.4. The van der Waals surface area contributed by atoms with E-state index < -0.39 is 33.9 Å². The fourth-order valence-electron chi connectivity index (χ4n) is 4.49. The Balaban J connectivity index is 2.16. The molecule has 0 saturated carbocycles. The Kier molecular flexibility index (Phi) is 4.76. The molecule has 3 rings (SSSR count). The third-order valence-electron chi connectivity index (χ3n) is 5.93. The number of amides is 4. The van der Waals surface area contributed by atoms with Gasteiger partial charge in [-0.25, -0.2) is 9.59 Å². The van der Waals surface area contributed by atoms with Gasteiger partial charge in [-0.1, -0.05) is 20.8 Å². The average Bonchev–Trinajstić information content (AvgIpc) is 2.82. The summed E-state index contributed by atoms with van der Waals surface area (Å²) in [5.41, 5.74) is -1.50. The Morgan fingerprint density at radius 1 is 1.24 bits per heavy atom. The summed E-state index contributed by atoms with van der Waals surface area (Å²) in [6.45, 7) is 5.95. The highest BCUT2D eigenvalue weighted by Crippen LogP contribution is 2.49. The van der Waals surface area contributed by atoms with E-state index in [0.717, 1.165) is 4.90 Å². The summed E-state index contributed by atoms with van der Waals surface area (Å²) >= 11 is 0. The first-order valence-electron chi connectivity index (χ1n) is 9.26. The Labute approximate surface area is 167 Å². The number of rotatable bonds is 2. The molecule has 1 aromatic rings. The van der Waals surface area contributed by atoms with Crippen LogP contribution in [0, 0.1) is 21.4 Å². The minimum absolute atomic E-state index is 0.106. The van der Waals surface area contributed by atoms with Gasteiger partial charge in [-0.2, -0.15) is 0 Å². The zero-order valence-corrected chi connectivity index (χ0v) is 16.8. The second-order valence-electron chi connectivity index (χ2n) is 8.58. The Hall–Kier alpha value is -3.17. The number of nitrogens with zero attached hydrogens (tertiary/aromatic N) is 4. The van der Waals surface area contributed by atoms with Gasteiger partial charge in [-0.3, -0.25) is 24.7 Å². The molecule has 2 atom stereocenters. The van der Waals surface area contributed by atoms with Crippen molar-refractivity contribution in [3.8, 4) is 0 Å². The van der Waals surface area contributed by atoms with Gasteiger partial charge in [0.1, 0.15) is 5.54 Å². The molecule has 2 heterocycles. The lowest BCUT2D eigenvalue weighted by molar-refractivity contribution is -0.384. The van der Waals surface area contributed by atoms with Crippen LogP contribution in [0.1, 0.15) is 27.2 Å². The van der Waals surface area contributed by atoms with Crippen LogP contribution in [0.3, 0.4) is 0 Å². The van der Waals surface area contributed by atoms with Crippen LogP contribution in [0.25, 0.3) is 0 Å². The predicted octanol–water partition coefficient (Wildman–Crippen LogP) is 2.78. The van der Waals surface area contributed by atoms with Crippen LogP contribution in [0.5, 0.6) is 0 Å². The van der Waals surface area contributed by atoms with E-state index in [-0.39, 0.29) is 31.1 Å². The van der Waals surface area contributed by atoms with Crippen LogP contribution in [0.4, 0.5) is 21.0 Å². The van der Waals surface area contributed by atoms with Crippen molar-refractivity contribution in [2.24, 2.45) is 11.3 Å². The van der Waals surface area contributed by atoms with Crippen LogP contribution in [-0.4, -0.2) is 63.5 Å². The molecular formula is C19H24N4O6. The van der Waals surface area contributed by atoms with Crippen molar-refractivity contribution >= 4 is 29.4 Å². The van der Waals surface area contributed by atoms with Crippen molar-refractivity contribution in [3.05, 3.63) is 34.4 Å². The lowest BCUT2D eigenvalue weighted by atomic mass is 9.64. The SMILES string of the molecule is CN1C(=O)N(c2ccc([N+](=O)[O-])cc2)C2(CCN(C(=O)O)CC2C(C)(C)C)C1=O. The monoisotopic (exact) mass is 404 g/mol. The highest BCUT2D eigenvalue weighted by molar-refractivity contribution is 6.17. The Bertz CT molecular complexity index is 878. The molecule has 2 saturated heterocycles. The van der Waals surface area contributed by atoms with Gasteiger partial charge < -0.3 is 10.0 Å². The number of urea groups is 1. The van der Waals surface area contributed by atoms with Crippen molar-refractivity contribution in [1.82, 2.24) is 9.80 Å². The predicted molar refractivity (Wildman–Crippen MR) is 104 cm³/mol. The van der Waals surface area contributed by atoms with Crippen molar-refractivity contribution in [2.45, 2.75) is 32.7 Å². The number of anilines is 1. The molecule has 4 amide bonds. The van der Waals surface area contributed by atoms with Gasteiger partial charge in [0.05, 0.1) is 4.92 Å². The maximum Gasteiger partial charge on any atom is 0.407 e. The van der Waals surface area contributed by atoms with Crippen molar-refractivity contribution in [3.63, 3.8) is 0 Å². The number of non-ortho nitro benzene ring substituents is 1. The molecule has 10 nitrogen and oxygen atoms in total. The molecule has 1 aromatic carbocycles. The fourth-order valence-corrected chi connectivity index (χ4v) is 4.49. The van der Waals surface area contributed by atoms with E-state index in [1.54, 1.807) is 0 Å². The zero-order valence-electron chi connectivity index (χ0n) is 16.8. The molecule has 1 N–H and O–H groups in total. The van der Waals surface area contributed by atoms with Crippen LogP contribution in [0.2, 0.25) is 0 Å². The standard InChI is InChI=1S/C19H24N4O6/c1-18(2,3)14-11-21(17(26)27)10-9-19(14)15(24)20(4)16(25)22(19)12-5-7-13(8-6-12)23(28)29/h5-8,14H,9-11H2,1-4H3,(H,26,27). The van der Waals surface area contributed by atoms with E-state index in [9.17, 15) is 29.6 Å². The number of hydrogen-bond donors (Lipinski definition) is 1.